The number of nitrogens with zero attached hydrogens (tertiary/aromatic N) is 1. The second kappa shape index (κ2) is 4.28. The normalized spacial score (nSPS) is 10.8. The number of benzene rings is 1. The zero-order valence-corrected chi connectivity index (χ0v) is 9.56. The highest BCUT2D eigenvalue weighted by molar-refractivity contribution is 5.80. The zero-order valence-electron chi connectivity index (χ0n) is 9.56. The summed E-state index contributed by atoms with van der Waals surface area (Å²) >= 11 is 0. The Kier molecular flexibility index (Phi) is 2.59. The van der Waals surface area contributed by atoms with Gasteiger partial charge in [-0.2, -0.15) is 4.39 Å². The molecule has 2 aromatic heterocycles. The zero-order chi connectivity index (χ0) is 13.4. The second-order valence-electron chi connectivity index (χ2n) is 3.98. The molecule has 0 saturated heterocycles. The van der Waals surface area contributed by atoms with Gasteiger partial charge in [-0.3, -0.25) is 0 Å². The molecule has 3 aromatic rings. The molecule has 0 radical (unpaired) electrons. The third-order valence-corrected chi connectivity index (χ3v) is 2.69. The lowest BCUT2D eigenvalue weighted by Gasteiger charge is -2.02. The molecule has 0 unspecified atom stereocenters. The van der Waals surface area contributed by atoms with Crippen molar-refractivity contribution in [3.05, 3.63) is 64.6 Å². The molecule has 0 aliphatic heterocycles. The van der Waals surface area contributed by atoms with Gasteiger partial charge in [-0.25, -0.2) is 14.2 Å². The van der Waals surface area contributed by atoms with E-state index in [4.69, 9.17) is 4.42 Å². The van der Waals surface area contributed by atoms with E-state index < -0.39 is 17.4 Å². The van der Waals surface area contributed by atoms with Gasteiger partial charge in [0.15, 0.2) is 0 Å². The lowest BCUT2D eigenvalue weighted by molar-refractivity contribution is 0.554. The summed E-state index contributed by atoms with van der Waals surface area (Å²) in [5.41, 5.74) is -0.222. The molecular weight excluding hydrogens is 252 g/mol. The van der Waals surface area contributed by atoms with E-state index in [1.54, 1.807) is 0 Å². The standard InChI is InChI=1S/C14H7F2NO2/c15-9-5-4-8-6-10(14(18)19-12(8)7-9)11-2-1-3-13(16)17-11/h1-7H. The van der Waals surface area contributed by atoms with Gasteiger partial charge in [-0.15, -0.1) is 0 Å². The number of pyridine rings is 1. The van der Waals surface area contributed by atoms with Crippen molar-refractivity contribution in [1.82, 2.24) is 4.98 Å². The van der Waals surface area contributed by atoms with Crippen LogP contribution in [-0.4, -0.2) is 4.98 Å². The van der Waals surface area contributed by atoms with Crippen LogP contribution in [0.1, 0.15) is 0 Å². The highest BCUT2D eigenvalue weighted by atomic mass is 19.1. The van der Waals surface area contributed by atoms with Crippen LogP contribution in [0.25, 0.3) is 22.2 Å². The van der Waals surface area contributed by atoms with Gasteiger partial charge in [0, 0.05) is 11.5 Å². The molecule has 0 saturated carbocycles. The van der Waals surface area contributed by atoms with E-state index in [0.29, 0.717) is 5.39 Å². The Balaban J connectivity index is 2.28. The van der Waals surface area contributed by atoms with Gasteiger partial charge in [0.25, 0.3) is 0 Å². The fourth-order valence-corrected chi connectivity index (χ4v) is 1.82. The van der Waals surface area contributed by atoms with E-state index in [0.717, 1.165) is 6.07 Å². The van der Waals surface area contributed by atoms with Crippen molar-refractivity contribution in [2.45, 2.75) is 0 Å². The predicted octanol–water partition coefficient (Wildman–Crippen LogP) is 3.13. The first kappa shape index (κ1) is 11.5. The molecule has 0 N–H and O–H groups in total. The fourth-order valence-electron chi connectivity index (χ4n) is 1.82. The lowest BCUT2D eigenvalue weighted by Crippen LogP contribution is -2.04. The summed E-state index contributed by atoms with van der Waals surface area (Å²) in [6.45, 7) is 0. The van der Waals surface area contributed by atoms with Crippen LogP contribution >= 0.6 is 0 Å². The third kappa shape index (κ3) is 2.10. The Hall–Kier alpha value is -2.56. The SMILES string of the molecule is O=c1oc2cc(F)ccc2cc1-c1cccc(F)n1. The molecule has 3 nitrogen and oxygen atoms in total. The molecular formula is C14H7F2NO2. The van der Waals surface area contributed by atoms with Crippen LogP contribution in [0.4, 0.5) is 8.78 Å². The van der Waals surface area contributed by atoms with Crippen LogP contribution in [0.2, 0.25) is 0 Å². The maximum atomic E-state index is 13.1. The monoisotopic (exact) mass is 259 g/mol. The van der Waals surface area contributed by atoms with E-state index in [9.17, 15) is 13.6 Å². The topological polar surface area (TPSA) is 43.1 Å². The minimum absolute atomic E-state index is 0.138. The van der Waals surface area contributed by atoms with Crippen LogP contribution in [0.5, 0.6) is 0 Å². The summed E-state index contributed by atoms with van der Waals surface area (Å²) in [6.07, 6.45) is 0. The third-order valence-electron chi connectivity index (χ3n) is 2.69. The number of hydrogen-bond donors (Lipinski definition) is 0. The van der Waals surface area contributed by atoms with Crippen LogP contribution in [0.15, 0.2) is 51.7 Å². The molecule has 0 aliphatic carbocycles. The first-order chi connectivity index (χ1) is 9.13. The molecule has 94 valence electrons. The summed E-state index contributed by atoms with van der Waals surface area (Å²) in [4.78, 5) is 15.4. The number of aromatic nitrogens is 1. The van der Waals surface area contributed by atoms with Crippen molar-refractivity contribution >= 4 is 11.0 Å². The molecule has 0 amide bonds. The van der Waals surface area contributed by atoms with E-state index in [1.807, 2.05) is 0 Å². The number of rotatable bonds is 1. The van der Waals surface area contributed by atoms with E-state index in [1.165, 1.54) is 36.4 Å². The molecule has 1 aromatic carbocycles. The number of hydrogen-bond acceptors (Lipinski definition) is 3. The molecule has 0 fully saturated rings. The van der Waals surface area contributed by atoms with Crippen molar-refractivity contribution in [2.75, 3.05) is 0 Å². The maximum Gasteiger partial charge on any atom is 0.345 e. The summed E-state index contributed by atoms with van der Waals surface area (Å²) < 4.78 is 31.1. The average molecular weight is 259 g/mol. The number of fused-ring (bicyclic) bond motifs is 1. The van der Waals surface area contributed by atoms with Gasteiger partial charge >= 0.3 is 5.63 Å². The Bertz CT molecular complexity index is 827. The predicted molar refractivity (Wildman–Crippen MR) is 65.6 cm³/mol. The highest BCUT2D eigenvalue weighted by Crippen LogP contribution is 2.20. The molecule has 0 bridgehead atoms. The van der Waals surface area contributed by atoms with Gasteiger partial charge in [0.2, 0.25) is 5.95 Å². The second-order valence-corrected chi connectivity index (χ2v) is 3.98. The van der Waals surface area contributed by atoms with E-state index in [-0.39, 0.29) is 16.8 Å². The van der Waals surface area contributed by atoms with Crippen molar-refractivity contribution in [3.8, 4) is 11.3 Å². The van der Waals surface area contributed by atoms with Crippen molar-refractivity contribution in [2.24, 2.45) is 0 Å². The van der Waals surface area contributed by atoms with E-state index in [2.05, 4.69) is 4.98 Å². The van der Waals surface area contributed by atoms with Gasteiger partial charge < -0.3 is 4.42 Å². The Morgan fingerprint density at radius 1 is 1.05 bits per heavy atom. The Morgan fingerprint density at radius 2 is 1.89 bits per heavy atom. The smallest absolute Gasteiger partial charge is 0.345 e. The summed E-state index contributed by atoms with van der Waals surface area (Å²) in [5.74, 6) is -1.18. The molecule has 0 aliphatic rings. The van der Waals surface area contributed by atoms with Gasteiger partial charge in [-0.1, -0.05) is 6.07 Å². The first-order valence-electron chi connectivity index (χ1n) is 5.50. The van der Waals surface area contributed by atoms with Crippen molar-refractivity contribution in [1.29, 1.82) is 0 Å². The number of halogens is 2. The Morgan fingerprint density at radius 3 is 2.68 bits per heavy atom. The molecule has 5 heteroatoms. The minimum atomic E-state index is -0.684. The van der Waals surface area contributed by atoms with Crippen LogP contribution in [0.3, 0.4) is 0 Å². The summed E-state index contributed by atoms with van der Waals surface area (Å²) in [7, 11) is 0. The lowest BCUT2D eigenvalue weighted by atomic mass is 10.1. The van der Waals surface area contributed by atoms with Gasteiger partial charge in [0.1, 0.15) is 11.4 Å². The minimum Gasteiger partial charge on any atom is -0.422 e. The van der Waals surface area contributed by atoms with Crippen LogP contribution in [0, 0.1) is 11.8 Å². The van der Waals surface area contributed by atoms with Crippen molar-refractivity contribution < 1.29 is 13.2 Å². The molecule has 0 atom stereocenters. The van der Waals surface area contributed by atoms with E-state index >= 15 is 0 Å². The fraction of sp³-hybridized carbons (Fsp3) is 0. The largest absolute Gasteiger partial charge is 0.422 e. The quantitative estimate of drug-likeness (QED) is 0.498. The molecule has 2 heterocycles. The first-order valence-corrected chi connectivity index (χ1v) is 5.50. The van der Waals surface area contributed by atoms with Gasteiger partial charge in [0.05, 0.1) is 11.3 Å². The maximum absolute atomic E-state index is 13.1. The molecule has 3 rings (SSSR count). The summed E-state index contributed by atoms with van der Waals surface area (Å²) in [5, 5.41) is 0.544. The van der Waals surface area contributed by atoms with Crippen molar-refractivity contribution in [3.63, 3.8) is 0 Å². The van der Waals surface area contributed by atoms with Crippen LogP contribution in [-0.2, 0) is 0 Å². The molecule has 19 heavy (non-hydrogen) atoms. The highest BCUT2D eigenvalue weighted by Gasteiger charge is 2.10. The van der Waals surface area contributed by atoms with Gasteiger partial charge in [-0.05, 0) is 30.3 Å². The average Bonchev–Trinajstić information content (AvgIpc) is 2.37. The van der Waals surface area contributed by atoms with Crippen LogP contribution < -0.4 is 5.63 Å². The summed E-state index contributed by atoms with van der Waals surface area (Å²) in [6, 6.07) is 9.50. The Labute approximate surface area is 106 Å². The molecule has 0 spiro atoms.